The first-order chi connectivity index (χ1) is 8.68. The van der Waals surface area contributed by atoms with Crippen LogP contribution < -0.4 is 0 Å². The molecule has 0 aliphatic rings. The van der Waals surface area contributed by atoms with E-state index in [1.165, 1.54) is 18.3 Å². The molecule has 0 atom stereocenters. The molecule has 0 aliphatic carbocycles. The van der Waals surface area contributed by atoms with Crippen molar-refractivity contribution >= 4 is 17.9 Å². The van der Waals surface area contributed by atoms with Crippen molar-refractivity contribution in [2.45, 2.75) is 0 Å². The van der Waals surface area contributed by atoms with Crippen LogP contribution in [0.1, 0.15) is 15.9 Å². The highest BCUT2D eigenvalue weighted by Crippen LogP contribution is 2.24. The molecule has 0 amide bonds. The minimum atomic E-state index is -1.01. The van der Waals surface area contributed by atoms with Gasteiger partial charge in [-0.15, -0.1) is 0 Å². The van der Waals surface area contributed by atoms with Crippen LogP contribution in [0.3, 0.4) is 0 Å². The van der Waals surface area contributed by atoms with E-state index in [1.54, 1.807) is 36.4 Å². The number of rotatable bonds is 3. The lowest BCUT2D eigenvalue weighted by Gasteiger charge is -2.00. The minimum absolute atomic E-state index is 0.0570. The largest absolute Gasteiger partial charge is 0.506 e. The van der Waals surface area contributed by atoms with Crippen LogP contribution in [0.4, 0.5) is 5.69 Å². The zero-order valence-electron chi connectivity index (χ0n) is 9.45. The number of hydrogen-bond donors (Lipinski definition) is 2. The van der Waals surface area contributed by atoms with Gasteiger partial charge in [0.15, 0.2) is 0 Å². The third-order valence-corrected chi connectivity index (χ3v) is 2.42. The molecule has 4 heteroatoms. The summed E-state index contributed by atoms with van der Waals surface area (Å²) in [6.45, 7) is 0. The summed E-state index contributed by atoms with van der Waals surface area (Å²) in [5.74, 6) is -0.948. The maximum Gasteiger partial charge on any atom is 0.336 e. The summed E-state index contributed by atoms with van der Waals surface area (Å²) in [6, 6.07) is 13.2. The van der Waals surface area contributed by atoms with Gasteiger partial charge in [-0.1, -0.05) is 30.3 Å². The van der Waals surface area contributed by atoms with Crippen molar-refractivity contribution in [3.05, 3.63) is 59.7 Å². The molecule has 0 heterocycles. The van der Waals surface area contributed by atoms with Gasteiger partial charge in [0.25, 0.3) is 0 Å². The number of carboxylic acid groups (broad SMARTS) is 1. The van der Waals surface area contributed by atoms with Gasteiger partial charge in [-0.25, -0.2) is 4.79 Å². The number of aromatic hydroxyl groups is 1. The number of para-hydroxylation sites is 2. The molecule has 2 aromatic rings. The van der Waals surface area contributed by atoms with E-state index in [9.17, 15) is 9.90 Å². The van der Waals surface area contributed by atoms with E-state index in [-0.39, 0.29) is 11.3 Å². The van der Waals surface area contributed by atoms with Gasteiger partial charge in [0.05, 0.1) is 5.56 Å². The molecule has 4 nitrogen and oxygen atoms in total. The number of nitrogens with zero attached hydrogens (tertiary/aromatic N) is 1. The van der Waals surface area contributed by atoms with Crippen LogP contribution in [0.25, 0.3) is 0 Å². The standard InChI is InChI=1S/C14H11NO3/c16-13-8-4-3-7-12(13)15-9-10-5-1-2-6-11(10)14(17)18/h1-9,16H,(H,17,18). The molecule has 90 valence electrons. The van der Waals surface area contributed by atoms with Crippen LogP contribution in [0.15, 0.2) is 53.5 Å². The van der Waals surface area contributed by atoms with E-state index < -0.39 is 5.97 Å². The van der Waals surface area contributed by atoms with Gasteiger partial charge in [-0.3, -0.25) is 4.99 Å². The first-order valence-corrected chi connectivity index (χ1v) is 5.33. The fraction of sp³-hybridized carbons (Fsp3) is 0. The van der Waals surface area contributed by atoms with Gasteiger partial charge < -0.3 is 10.2 Å². The van der Waals surface area contributed by atoms with Crippen molar-refractivity contribution in [3.63, 3.8) is 0 Å². The summed E-state index contributed by atoms with van der Waals surface area (Å²) < 4.78 is 0. The third kappa shape index (κ3) is 2.55. The lowest BCUT2D eigenvalue weighted by atomic mass is 10.1. The van der Waals surface area contributed by atoms with Gasteiger partial charge in [0, 0.05) is 11.8 Å². The molecule has 0 saturated carbocycles. The Bertz CT molecular complexity index is 605. The molecule has 2 aromatic carbocycles. The molecule has 0 aromatic heterocycles. The Kier molecular flexibility index (Phi) is 3.38. The van der Waals surface area contributed by atoms with Crippen molar-refractivity contribution in [1.82, 2.24) is 0 Å². The Morgan fingerprint density at radius 2 is 1.72 bits per heavy atom. The zero-order valence-corrected chi connectivity index (χ0v) is 9.45. The van der Waals surface area contributed by atoms with Crippen molar-refractivity contribution in [3.8, 4) is 5.75 Å². The second-order valence-electron chi connectivity index (χ2n) is 3.64. The summed E-state index contributed by atoms with van der Waals surface area (Å²) in [7, 11) is 0. The van der Waals surface area contributed by atoms with E-state index in [2.05, 4.69) is 4.99 Å². The van der Waals surface area contributed by atoms with Gasteiger partial charge in [0.1, 0.15) is 11.4 Å². The molecule has 0 radical (unpaired) electrons. The number of phenolic OH excluding ortho intramolecular Hbond substituents is 1. The Morgan fingerprint density at radius 1 is 1.06 bits per heavy atom. The average molecular weight is 241 g/mol. The van der Waals surface area contributed by atoms with E-state index in [0.717, 1.165) is 0 Å². The zero-order chi connectivity index (χ0) is 13.0. The van der Waals surface area contributed by atoms with Gasteiger partial charge in [-0.05, 0) is 18.2 Å². The molecule has 18 heavy (non-hydrogen) atoms. The lowest BCUT2D eigenvalue weighted by molar-refractivity contribution is 0.0697. The minimum Gasteiger partial charge on any atom is -0.506 e. The van der Waals surface area contributed by atoms with Crippen molar-refractivity contribution in [1.29, 1.82) is 0 Å². The molecule has 2 rings (SSSR count). The smallest absolute Gasteiger partial charge is 0.336 e. The SMILES string of the molecule is O=C(O)c1ccccc1C=Nc1ccccc1O. The normalized spacial score (nSPS) is 10.7. The van der Waals surface area contributed by atoms with E-state index >= 15 is 0 Å². The van der Waals surface area contributed by atoms with Crippen LogP contribution >= 0.6 is 0 Å². The van der Waals surface area contributed by atoms with E-state index in [4.69, 9.17) is 5.11 Å². The molecular weight excluding hydrogens is 230 g/mol. The van der Waals surface area contributed by atoms with E-state index in [0.29, 0.717) is 11.3 Å². The van der Waals surface area contributed by atoms with Gasteiger partial charge in [0.2, 0.25) is 0 Å². The second kappa shape index (κ2) is 5.14. The van der Waals surface area contributed by atoms with Crippen molar-refractivity contribution in [2.75, 3.05) is 0 Å². The monoisotopic (exact) mass is 241 g/mol. The van der Waals surface area contributed by atoms with Crippen LogP contribution in [-0.2, 0) is 0 Å². The molecule has 0 fully saturated rings. The van der Waals surface area contributed by atoms with Gasteiger partial charge in [-0.2, -0.15) is 0 Å². The van der Waals surface area contributed by atoms with Crippen molar-refractivity contribution < 1.29 is 15.0 Å². The van der Waals surface area contributed by atoms with Crippen LogP contribution in [0.5, 0.6) is 5.75 Å². The number of aromatic carboxylic acids is 1. The Labute approximate surface area is 104 Å². The molecule has 0 saturated heterocycles. The predicted octanol–water partition coefficient (Wildman–Crippen LogP) is 2.84. The molecule has 0 spiro atoms. The highest BCUT2D eigenvalue weighted by molar-refractivity contribution is 5.99. The van der Waals surface area contributed by atoms with Crippen LogP contribution in [0.2, 0.25) is 0 Å². The lowest BCUT2D eigenvalue weighted by Crippen LogP contribution is -2.00. The topological polar surface area (TPSA) is 69.9 Å². The Morgan fingerprint density at radius 3 is 2.44 bits per heavy atom. The summed E-state index contributed by atoms with van der Waals surface area (Å²) in [5.41, 5.74) is 1.07. The van der Waals surface area contributed by atoms with Crippen LogP contribution in [-0.4, -0.2) is 22.4 Å². The predicted molar refractivity (Wildman–Crippen MR) is 68.8 cm³/mol. The summed E-state index contributed by atoms with van der Waals surface area (Å²) >= 11 is 0. The molecule has 2 N–H and O–H groups in total. The first kappa shape index (κ1) is 11.9. The van der Waals surface area contributed by atoms with Gasteiger partial charge >= 0.3 is 5.97 Å². The number of phenols is 1. The Balaban J connectivity index is 2.35. The Hall–Kier alpha value is -2.62. The molecule has 0 bridgehead atoms. The number of hydrogen-bond acceptors (Lipinski definition) is 3. The fourth-order valence-corrected chi connectivity index (χ4v) is 1.52. The third-order valence-electron chi connectivity index (χ3n) is 2.42. The van der Waals surface area contributed by atoms with Crippen LogP contribution in [0, 0.1) is 0 Å². The quantitative estimate of drug-likeness (QED) is 0.812. The molecule has 0 unspecified atom stereocenters. The summed E-state index contributed by atoms with van der Waals surface area (Å²) in [6.07, 6.45) is 1.43. The molecule has 0 aliphatic heterocycles. The fourth-order valence-electron chi connectivity index (χ4n) is 1.52. The summed E-state index contributed by atoms with van der Waals surface area (Å²) in [4.78, 5) is 15.1. The average Bonchev–Trinajstić information content (AvgIpc) is 2.38. The number of carbonyl (C=O) groups is 1. The maximum absolute atomic E-state index is 11.0. The maximum atomic E-state index is 11.0. The highest BCUT2D eigenvalue weighted by atomic mass is 16.4. The highest BCUT2D eigenvalue weighted by Gasteiger charge is 2.06. The second-order valence-corrected chi connectivity index (χ2v) is 3.64. The number of carboxylic acids is 1. The summed E-state index contributed by atoms with van der Waals surface area (Å²) in [5, 5.41) is 18.5. The number of aliphatic imine (C=N–C) groups is 1. The number of benzene rings is 2. The first-order valence-electron chi connectivity index (χ1n) is 5.33. The molecular formula is C14H11NO3. The van der Waals surface area contributed by atoms with Crippen molar-refractivity contribution in [2.24, 2.45) is 4.99 Å². The van der Waals surface area contributed by atoms with E-state index in [1.807, 2.05) is 0 Å².